The van der Waals surface area contributed by atoms with Crippen LogP contribution in [0.15, 0.2) is 18.2 Å². The van der Waals surface area contributed by atoms with E-state index in [1.807, 2.05) is 0 Å². The van der Waals surface area contributed by atoms with Gasteiger partial charge in [0.1, 0.15) is 5.82 Å². The fraction of sp³-hybridized carbons (Fsp3) is 0.556. The van der Waals surface area contributed by atoms with Crippen LogP contribution in [0, 0.1) is 23.6 Å². The molecule has 2 amide bonds. The molecule has 23 heavy (non-hydrogen) atoms. The highest BCUT2D eigenvalue weighted by Gasteiger charge is 2.43. The van der Waals surface area contributed by atoms with Crippen molar-refractivity contribution in [1.29, 1.82) is 0 Å². The van der Waals surface area contributed by atoms with Crippen molar-refractivity contribution in [3.8, 4) is 0 Å². The van der Waals surface area contributed by atoms with Gasteiger partial charge in [0.15, 0.2) is 0 Å². The summed E-state index contributed by atoms with van der Waals surface area (Å²) < 4.78 is 14.0. The maximum absolute atomic E-state index is 14.0. The highest BCUT2D eigenvalue weighted by Crippen LogP contribution is 2.48. The summed E-state index contributed by atoms with van der Waals surface area (Å²) in [6.07, 6.45) is 5.78. The molecule has 3 aliphatic rings. The van der Waals surface area contributed by atoms with Crippen molar-refractivity contribution in [2.45, 2.75) is 38.5 Å². The molecule has 1 aromatic carbocycles. The van der Waals surface area contributed by atoms with E-state index in [0.29, 0.717) is 30.5 Å². The van der Waals surface area contributed by atoms with Crippen LogP contribution in [0.5, 0.6) is 0 Å². The summed E-state index contributed by atoms with van der Waals surface area (Å²) in [5, 5.41) is 2.93. The standard InChI is InChI=1S/C18H21FN2O2/c19-15-6-5-13(10-16(15)21-7-1-2-17(21)22)20-18(23)14-9-11-3-4-12(14)8-11/h5-6,10-12,14H,1-4,7-9H2,(H,20,23)/t11-,12-,14-/m0/s1. The lowest BCUT2D eigenvalue weighted by molar-refractivity contribution is -0.121. The summed E-state index contributed by atoms with van der Waals surface area (Å²) in [4.78, 5) is 25.8. The molecule has 0 radical (unpaired) electrons. The Kier molecular flexibility index (Phi) is 3.58. The van der Waals surface area contributed by atoms with Gasteiger partial charge < -0.3 is 10.2 Å². The van der Waals surface area contributed by atoms with E-state index >= 15 is 0 Å². The monoisotopic (exact) mass is 316 g/mol. The van der Waals surface area contributed by atoms with Gasteiger partial charge in [-0.2, -0.15) is 0 Å². The van der Waals surface area contributed by atoms with Gasteiger partial charge in [-0.05, 0) is 55.7 Å². The van der Waals surface area contributed by atoms with E-state index in [2.05, 4.69) is 5.32 Å². The van der Waals surface area contributed by atoms with Gasteiger partial charge in [0.2, 0.25) is 11.8 Å². The molecule has 1 aliphatic heterocycles. The third-order valence-electron chi connectivity index (χ3n) is 5.65. The van der Waals surface area contributed by atoms with Crippen molar-refractivity contribution in [3.63, 3.8) is 0 Å². The normalized spacial score (nSPS) is 29.3. The van der Waals surface area contributed by atoms with Crippen molar-refractivity contribution >= 4 is 23.2 Å². The van der Waals surface area contributed by atoms with Crippen LogP contribution >= 0.6 is 0 Å². The van der Waals surface area contributed by atoms with E-state index in [-0.39, 0.29) is 23.4 Å². The molecule has 2 aliphatic carbocycles. The average Bonchev–Trinajstić information content (AvgIpc) is 3.25. The summed E-state index contributed by atoms with van der Waals surface area (Å²) in [5.41, 5.74) is 0.854. The van der Waals surface area contributed by atoms with Crippen LogP contribution in [0.1, 0.15) is 38.5 Å². The fourth-order valence-corrected chi connectivity index (χ4v) is 4.50. The number of amides is 2. The minimum absolute atomic E-state index is 0.0440. The zero-order valence-corrected chi connectivity index (χ0v) is 13.1. The Balaban J connectivity index is 1.51. The predicted octanol–water partition coefficient (Wildman–Crippen LogP) is 3.33. The summed E-state index contributed by atoms with van der Waals surface area (Å²) in [7, 11) is 0. The smallest absolute Gasteiger partial charge is 0.227 e. The molecule has 1 N–H and O–H groups in total. The molecule has 4 rings (SSSR count). The minimum Gasteiger partial charge on any atom is -0.326 e. The third kappa shape index (κ3) is 2.62. The first kappa shape index (κ1) is 14.7. The van der Waals surface area contributed by atoms with E-state index in [1.54, 1.807) is 12.1 Å². The Morgan fingerprint density at radius 2 is 2.13 bits per heavy atom. The summed E-state index contributed by atoms with van der Waals surface area (Å²) in [6.45, 7) is 0.541. The first-order valence-corrected chi connectivity index (χ1v) is 8.52. The molecule has 0 unspecified atom stereocenters. The lowest BCUT2D eigenvalue weighted by atomic mass is 9.88. The number of hydrogen-bond donors (Lipinski definition) is 1. The first-order chi connectivity index (χ1) is 11.1. The van der Waals surface area contributed by atoms with Gasteiger partial charge in [-0.1, -0.05) is 6.42 Å². The van der Waals surface area contributed by atoms with Gasteiger partial charge in [-0.15, -0.1) is 0 Å². The maximum atomic E-state index is 14.0. The topological polar surface area (TPSA) is 49.4 Å². The zero-order valence-electron chi connectivity index (χ0n) is 13.1. The number of rotatable bonds is 3. The molecule has 122 valence electrons. The predicted molar refractivity (Wildman–Crippen MR) is 85.6 cm³/mol. The van der Waals surface area contributed by atoms with Crippen molar-refractivity contribution in [3.05, 3.63) is 24.0 Å². The molecule has 4 nitrogen and oxygen atoms in total. The number of halogens is 1. The largest absolute Gasteiger partial charge is 0.326 e. The fourth-order valence-electron chi connectivity index (χ4n) is 4.50. The van der Waals surface area contributed by atoms with Gasteiger partial charge in [0.05, 0.1) is 5.69 Å². The lowest BCUT2D eigenvalue weighted by Crippen LogP contribution is -2.28. The Labute approximate surface area is 135 Å². The lowest BCUT2D eigenvalue weighted by Gasteiger charge is -2.22. The van der Waals surface area contributed by atoms with Crippen molar-refractivity contribution < 1.29 is 14.0 Å². The molecule has 1 heterocycles. The second kappa shape index (κ2) is 5.62. The number of fused-ring (bicyclic) bond motifs is 2. The van der Waals surface area contributed by atoms with Gasteiger partial charge in [-0.3, -0.25) is 9.59 Å². The number of nitrogens with zero attached hydrogens (tertiary/aromatic N) is 1. The maximum Gasteiger partial charge on any atom is 0.227 e. The number of anilines is 2. The van der Waals surface area contributed by atoms with Crippen molar-refractivity contribution in [2.24, 2.45) is 17.8 Å². The molecule has 2 bridgehead atoms. The summed E-state index contributed by atoms with van der Waals surface area (Å²) in [5.74, 6) is 0.888. The molecule has 1 saturated heterocycles. The Morgan fingerprint density at radius 3 is 2.78 bits per heavy atom. The van der Waals surface area contributed by atoms with Crippen molar-refractivity contribution in [1.82, 2.24) is 0 Å². The number of carbonyl (C=O) groups excluding carboxylic acids is 2. The Morgan fingerprint density at radius 1 is 1.26 bits per heavy atom. The van der Waals surface area contributed by atoms with E-state index in [0.717, 1.165) is 19.3 Å². The van der Waals surface area contributed by atoms with E-state index in [9.17, 15) is 14.0 Å². The van der Waals surface area contributed by atoms with Crippen LogP contribution < -0.4 is 10.2 Å². The molecule has 1 aromatic rings. The van der Waals surface area contributed by atoms with Gasteiger partial charge in [0.25, 0.3) is 0 Å². The molecule has 0 spiro atoms. The first-order valence-electron chi connectivity index (χ1n) is 8.52. The van der Waals surface area contributed by atoms with Crippen LogP contribution in [0.2, 0.25) is 0 Å². The van der Waals surface area contributed by atoms with Crippen molar-refractivity contribution in [2.75, 3.05) is 16.8 Å². The van der Waals surface area contributed by atoms with Crippen LogP contribution in [-0.2, 0) is 9.59 Å². The van der Waals surface area contributed by atoms with Crippen LogP contribution in [-0.4, -0.2) is 18.4 Å². The van der Waals surface area contributed by atoms with Gasteiger partial charge in [0, 0.05) is 24.6 Å². The van der Waals surface area contributed by atoms with Crippen LogP contribution in [0.4, 0.5) is 15.8 Å². The Bertz CT molecular complexity index is 660. The molecule has 2 saturated carbocycles. The SMILES string of the molecule is O=C(Nc1ccc(F)c(N2CCCC2=O)c1)[C@H]1C[C@H]2CC[C@H]1C2. The van der Waals surface area contributed by atoms with Gasteiger partial charge >= 0.3 is 0 Å². The summed E-state index contributed by atoms with van der Waals surface area (Å²) >= 11 is 0. The minimum atomic E-state index is -0.418. The molecule has 3 atom stereocenters. The average molecular weight is 316 g/mol. The molecule has 0 aromatic heterocycles. The number of hydrogen-bond acceptors (Lipinski definition) is 2. The van der Waals surface area contributed by atoms with Crippen LogP contribution in [0.25, 0.3) is 0 Å². The third-order valence-corrected chi connectivity index (χ3v) is 5.65. The summed E-state index contributed by atoms with van der Waals surface area (Å²) in [6, 6.07) is 4.49. The molecular formula is C18H21FN2O2. The molecule has 5 heteroatoms. The highest BCUT2D eigenvalue weighted by molar-refractivity contribution is 5.97. The zero-order chi connectivity index (χ0) is 16.0. The second-order valence-corrected chi connectivity index (χ2v) is 7.09. The van der Waals surface area contributed by atoms with E-state index in [1.165, 1.54) is 23.8 Å². The highest BCUT2D eigenvalue weighted by atomic mass is 19.1. The Hall–Kier alpha value is -1.91. The molecular weight excluding hydrogens is 295 g/mol. The van der Waals surface area contributed by atoms with E-state index in [4.69, 9.17) is 0 Å². The number of nitrogens with one attached hydrogen (secondary N) is 1. The number of carbonyl (C=O) groups is 2. The molecule has 3 fully saturated rings. The quantitative estimate of drug-likeness (QED) is 0.930. The van der Waals surface area contributed by atoms with Crippen LogP contribution in [0.3, 0.4) is 0 Å². The van der Waals surface area contributed by atoms with E-state index < -0.39 is 5.82 Å². The second-order valence-electron chi connectivity index (χ2n) is 7.09. The van der Waals surface area contributed by atoms with Gasteiger partial charge in [-0.25, -0.2) is 4.39 Å². The number of benzene rings is 1.